The van der Waals surface area contributed by atoms with Crippen LogP contribution in [0.1, 0.15) is 16.7 Å². The maximum absolute atomic E-state index is 13.1. The molecule has 0 saturated carbocycles. The van der Waals surface area contributed by atoms with E-state index < -0.39 is 25.8 Å². The fraction of sp³-hybridized carbons (Fsp3) is 0.286. The van der Waals surface area contributed by atoms with Gasteiger partial charge in [0.1, 0.15) is 25.0 Å². The number of esters is 1. The molecule has 0 heterocycles. The van der Waals surface area contributed by atoms with Crippen molar-refractivity contribution in [1.82, 2.24) is 14.7 Å². The fourth-order valence-corrected chi connectivity index (χ4v) is 4.95. The lowest BCUT2D eigenvalue weighted by molar-refractivity contribution is -0.147. The largest absolute Gasteiger partial charge is 0.459 e. The average Bonchev–Trinajstić information content (AvgIpc) is 2.92. The molecule has 3 aromatic carbocycles. The molecule has 202 valence electrons. The van der Waals surface area contributed by atoms with Crippen LogP contribution in [0.25, 0.3) is 0 Å². The molecule has 3 rings (SSSR count). The van der Waals surface area contributed by atoms with Crippen molar-refractivity contribution in [3.63, 3.8) is 0 Å². The highest BCUT2D eigenvalue weighted by atomic mass is 31.2. The molecule has 1 atom stereocenters. The summed E-state index contributed by atoms with van der Waals surface area (Å²) in [7, 11) is 3.52. The molecule has 1 amide bonds. The zero-order valence-corrected chi connectivity index (χ0v) is 23.0. The highest BCUT2D eigenvalue weighted by Gasteiger charge is 2.31. The highest BCUT2D eigenvalue weighted by molar-refractivity contribution is 7.54. The van der Waals surface area contributed by atoms with Crippen LogP contribution in [0.15, 0.2) is 84.9 Å². The molecule has 0 bridgehead atoms. The number of nitrogens with one attached hydrogen (secondary N) is 1. The second-order valence-electron chi connectivity index (χ2n) is 8.98. The van der Waals surface area contributed by atoms with Crippen molar-refractivity contribution in [2.24, 2.45) is 0 Å². The topological polar surface area (TPSA) is 97.4 Å². The van der Waals surface area contributed by atoms with Crippen LogP contribution in [-0.2, 0) is 38.5 Å². The normalized spacial score (nSPS) is 12.2. The third-order valence-electron chi connectivity index (χ3n) is 5.61. The van der Waals surface area contributed by atoms with E-state index in [1.807, 2.05) is 60.7 Å². The molecule has 0 radical (unpaired) electrons. The van der Waals surface area contributed by atoms with Gasteiger partial charge in [0.25, 0.3) is 0 Å². The van der Waals surface area contributed by atoms with Crippen molar-refractivity contribution in [3.8, 4) is 5.75 Å². The highest BCUT2D eigenvalue weighted by Crippen LogP contribution is 2.50. The first kappa shape index (κ1) is 28.9. The van der Waals surface area contributed by atoms with E-state index in [-0.39, 0.29) is 19.6 Å². The van der Waals surface area contributed by atoms with Gasteiger partial charge < -0.3 is 19.3 Å². The van der Waals surface area contributed by atoms with E-state index in [4.69, 9.17) is 14.0 Å². The minimum absolute atomic E-state index is 0.0717. The summed E-state index contributed by atoms with van der Waals surface area (Å²) in [5.74, 6) is -0.173. The minimum atomic E-state index is -3.21. The summed E-state index contributed by atoms with van der Waals surface area (Å²) in [6.45, 7) is 0.149. The van der Waals surface area contributed by atoms with Gasteiger partial charge in [-0.3, -0.25) is 0 Å². The lowest BCUT2D eigenvalue weighted by atomic mass is 10.1. The summed E-state index contributed by atoms with van der Waals surface area (Å²) >= 11 is 0. The summed E-state index contributed by atoms with van der Waals surface area (Å²) in [5.41, 5.74) is 2.40. The van der Waals surface area contributed by atoms with Crippen molar-refractivity contribution in [2.75, 3.05) is 28.2 Å². The van der Waals surface area contributed by atoms with Gasteiger partial charge in [-0.1, -0.05) is 72.8 Å². The number of rotatable bonds is 12. The molecule has 0 spiro atoms. The Morgan fingerprint density at radius 1 is 0.737 bits per heavy atom. The molecule has 38 heavy (non-hydrogen) atoms. The molecular weight excluding hydrogens is 505 g/mol. The van der Waals surface area contributed by atoms with Crippen LogP contribution in [0, 0.1) is 0 Å². The third-order valence-corrected chi connectivity index (χ3v) is 8.08. The number of carbonyl (C=O) groups is 2. The second-order valence-corrected chi connectivity index (χ2v) is 11.7. The first-order valence-electron chi connectivity index (χ1n) is 12.1. The van der Waals surface area contributed by atoms with Gasteiger partial charge in [-0.05, 0) is 57.0 Å². The second kappa shape index (κ2) is 13.8. The van der Waals surface area contributed by atoms with Gasteiger partial charge in [0.2, 0.25) is 0 Å². The summed E-state index contributed by atoms with van der Waals surface area (Å²) in [4.78, 5) is 25.5. The lowest BCUT2D eigenvalue weighted by Crippen LogP contribution is -2.43. The van der Waals surface area contributed by atoms with Gasteiger partial charge >= 0.3 is 19.7 Å². The molecule has 0 aromatic heterocycles. The molecule has 9 nitrogen and oxygen atoms in total. The number of nitrogens with zero attached hydrogens (tertiary/aromatic N) is 2. The van der Waals surface area contributed by atoms with Crippen LogP contribution >= 0.6 is 7.67 Å². The van der Waals surface area contributed by atoms with Crippen LogP contribution in [0.3, 0.4) is 0 Å². The van der Waals surface area contributed by atoms with Gasteiger partial charge in [0.15, 0.2) is 0 Å². The van der Waals surface area contributed by atoms with E-state index in [2.05, 4.69) is 5.32 Å². The van der Waals surface area contributed by atoms with E-state index in [0.29, 0.717) is 5.75 Å². The summed E-state index contributed by atoms with van der Waals surface area (Å²) < 4.78 is 32.8. The minimum Gasteiger partial charge on any atom is -0.459 e. The number of amides is 1. The van der Waals surface area contributed by atoms with Gasteiger partial charge in [-0.15, -0.1) is 0 Å². The van der Waals surface area contributed by atoms with Crippen LogP contribution < -0.4 is 9.84 Å². The molecule has 0 fully saturated rings. The third kappa shape index (κ3) is 8.45. The quantitative estimate of drug-likeness (QED) is 0.257. The molecule has 0 saturated heterocycles. The van der Waals surface area contributed by atoms with E-state index >= 15 is 0 Å². The zero-order chi connectivity index (χ0) is 27.5. The molecule has 0 aliphatic heterocycles. The van der Waals surface area contributed by atoms with Gasteiger partial charge in [-0.2, -0.15) is 0 Å². The Bertz CT molecular complexity index is 1210. The summed E-state index contributed by atoms with van der Waals surface area (Å²) in [6, 6.07) is 24.4. The number of hydrogen-bond donors (Lipinski definition) is 1. The summed E-state index contributed by atoms with van der Waals surface area (Å²) in [6.07, 6.45) is -0.568. The maximum atomic E-state index is 13.1. The molecule has 10 heteroatoms. The maximum Gasteiger partial charge on any atom is 0.408 e. The Kier molecular flexibility index (Phi) is 10.5. The Morgan fingerprint density at radius 3 is 1.74 bits per heavy atom. The molecule has 0 aliphatic carbocycles. The Hall–Kier alpha value is -3.65. The number of ether oxygens (including phenoxy) is 2. The van der Waals surface area contributed by atoms with Crippen LogP contribution in [0.5, 0.6) is 5.75 Å². The van der Waals surface area contributed by atoms with Crippen molar-refractivity contribution < 1.29 is 28.2 Å². The number of benzene rings is 3. The molecular formula is C28H34N3O6P. The standard InChI is InChI=1S/C28H34N3O6P/c1-30(2)38(34,31(3)4)37-25-17-15-22(16-18-25)19-26(27(32)35-20-23-11-7-5-8-12-23)29-28(33)36-21-24-13-9-6-10-14-24/h5-18,26H,19-21H2,1-4H3,(H,29,33)/t26-/m0/s1. The van der Waals surface area contributed by atoms with Gasteiger partial charge in [-0.25, -0.2) is 23.5 Å². The molecule has 1 N–H and O–H groups in total. The monoisotopic (exact) mass is 539 g/mol. The van der Waals surface area contributed by atoms with Crippen LogP contribution in [0.2, 0.25) is 0 Å². The van der Waals surface area contributed by atoms with Crippen molar-refractivity contribution >= 4 is 19.7 Å². The van der Waals surface area contributed by atoms with E-state index in [9.17, 15) is 14.2 Å². The number of carbonyl (C=O) groups excluding carboxylic acids is 2. The van der Waals surface area contributed by atoms with Crippen molar-refractivity contribution in [3.05, 3.63) is 102 Å². The predicted molar refractivity (Wildman–Crippen MR) is 146 cm³/mol. The zero-order valence-electron chi connectivity index (χ0n) is 22.1. The first-order valence-corrected chi connectivity index (χ1v) is 13.6. The first-order chi connectivity index (χ1) is 18.2. The van der Waals surface area contributed by atoms with Crippen molar-refractivity contribution in [2.45, 2.75) is 25.7 Å². The summed E-state index contributed by atoms with van der Waals surface area (Å²) in [5, 5.41) is 2.63. The average molecular weight is 540 g/mol. The van der Waals surface area contributed by atoms with Crippen molar-refractivity contribution in [1.29, 1.82) is 0 Å². The molecule has 3 aromatic rings. The van der Waals surface area contributed by atoms with Gasteiger partial charge in [0.05, 0.1) is 0 Å². The Labute approximate surface area is 223 Å². The van der Waals surface area contributed by atoms with E-state index in [1.54, 1.807) is 52.5 Å². The number of alkyl carbamates (subject to hydrolysis) is 1. The fourth-order valence-electron chi connectivity index (χ4n) is 3.51. The number of hydrogen-bond acceptors (Lipinski definition) is 6. The smallest absolute Gasteiger partial charge is 0.408 e. The van der Waals surface area contributed by atoms with E-state index in [1.165, 1.54) is 9.34 Å². The predicted octanol–water partition coefficient (Wildman–Crippen LogP) is 4.88. The SMILES string of the molecule is CN(C)P(=O)(Oc1ccc(C[C@H](NC(=O)OCc2ccccc2)C(=O)OCc2ccccc2)cc1)N(C)C. The Balaban J connectivity index is 1.68. The van der Waals surface area contributed by atoms with E-state index in [0.717, 1.165) is 16.7 Å². The Morgan fingerprint density at radius 2 is 1.24 bits per heavy atom. The van der Waals surface area contributed by atoms with Crippen LogP contribution in [0.4, 0.5) is 4.79 Å². The van der Waals surface area contributed by atoms with Gasteiger partial charge in [0, 0.05) is 6.42 Å². The molecule has 0 aliphatic rings. The lowest BCUT2D eigenvalue weighted by Gasteiger charge is -2.29. The van der Waals surface area contributed by atoms with Crippen LogP contribution in [-0.4, -0.2) is 55.6 Å². The molecule has 0 unspecified atom stereocenters.